The topological polar surface area (TPSA) is 59.4 Å². The Balaban J connectivity index is 1.63. The van der Waals surface area contributed by atoms with Gasteiger partial charge < -0.3 is 19.5 Å². The largest absolute Gasteiger partial charge is 0.465 e. The molecule has 1 N–H and O–H groups in total. The summed E-state index contributed by atoms with van der Waals surface area (Å²) < 4.78 is 8.01. The van der Waals surface area contributed by atoms with E-state index >= 15 is 0 Å². The molecule has 6 nitrogen and oxygen atoms in total. The van der Waals surface area contributed by atoms with Crippen molar-refractivity contribution in [2.45, 2.75) is 19.0 Å². The van der Waals surface area contributed by atoms with E-state index in [0.717, 1.165) is 32.8 Å². The van der Waals surface area contributed by atoms with E-state index in [0.29, 0.717) is 10.7 Å². The Morgan fingerprint density at radius 3 is 2.51 bits per heavy atom. The van der Waals surface area contributed by atoms with Crippen LogP contribution in [0.4, 0.5) is 5.69 Å². The summed E-state index contributed by atoms with van der Waals surface area (Å²) in [6.45, 7) is 2.07. The molecule has 0 saturated carbocycles. The number of esters is 1. The van der Waals surface area contributed by atoms with E-state index in [1.54, 1.807) is 18.3 Å². The number of halogens is 1. The van der Waals surface area contributed by atoms with Gasteiger partial charge in [-0.2, -0.15) is 0 Å². The number of carbonyl (C=O) groups is 1. The van der Waals surface area contributed by atoms with Gasteiger partial charge in [-0.1, -0.05) is 22.0 Å². The first-order valence-corrected chi connectivity index (χ1v) is 12.3. The molecule has 1 fully saturated rings. The van der Waals surface area contributed by atoms with Crippen molar-refractivity contribution in [1.29, 1.82) is 0 Å². The Morgan fingerprint density at radius 2 is 1.83 bits per heavy atom. The lowest BCUT2D eigenvalue weighted by Crippen LogP contribution is -2.30. The Kier molecular flexibility index (Phi) is 6.40. The molecule has 176 valence electrons. The highest BCUT2D eigenvalue weighted by Crippen LogP contribution is 2.42. The predicted octanol–water partition coefficient (Wildman–Crippen LogP) is 5.91. The second-order valence-corrected chi connectivity index (χ2v) is 9.51. The zero-order valence-corrected chi connectivity index (χ0v) is 21.6. The standard InChI is InChI=1S/C27H23BrN4O2S/c1-17-16-20(12-13-21(17)28)32-25(24(30-27(32)35)22-6-3-4-14-29-22)23-7-5-15-31(23)19-10-8-18(9-11-19)26(33)34-2/h3-16,24-25H,1-2H3,(H,30,35). The number of benzene rings is 2. The summed E-state index contributed by atoms with van der Waals surface area (Å²) in [5.41, 5.74) is 5.51. The molecule has 1 aliphatic heterocycles. The van der Waals surface area contributed by atoms with Crippen LogP contribution in [0.2, 0.25) is 0 Å². The molecule has 0 radical (unpaired) electrons. The summed E-state index contributed by atoms with van der Waals surface area (Å²) in [6.07, 6.45) is 3.82. The molecular formula is C27H23BrN4O2S. The van der Waals surface area contributed by atoms with Crippen LogP contribution < -0.4 is 10.2 Å². The van der Waals surface area contributed by atoms with Gasteiger partial charge in [-0.05, 0) is 91.4 Å². The number of ether oxygens (including phenoxy) is 1. The molecule has 8 heteroatoms. The van der Waals surface area contributed by atoms with E-state index in [1.807, 2.05) is 48.7 Å². The Morgan fingerprint density at radius 1 is 1.06 bits per heavy atom. The summed E-state index contributed by atoms with van der Waals surface area (Å²) in [6, 6.07) is 23.3. The van der Waals surface area contributed by atoms with Crippen molar-refractivity contribution in [1.82, 2.24) is 14.9 Å². The number of carbonyl (C=O) groups excluding carboxylic acids is 1. The fourth-order valence-corrected chi connectivity index (χ4v) is 5.05. The van der Waals surface area contributed by atoms with Gasteiger partial charge >= 0.3 is 5.97 Å². The number of anilines is 1. The maximum atomic E-state index is 11.9. The van der Waals surface area contributed by atoms with E-state index in [-0.39, 0.29) is 18.1 Å². The number of nitrogens with one attached hydrogen (secondary N) is 1. The molecule has 1 saturated heterocycles. The first kappa shape index (κ1) is 23.3. The maximum absolute atomic E-state index is 11.9. The molecule has 3 heterocycles. The number of aryl methyl sites for hydroxylation is 1. The highest BCUT2D eigenvalue weighted by Gasteiger charge is 2.42. The molecule has 0 amide bonds. The lowest BCUT2D eigenvalue weighted by atomic mass is 10.0. The number of hydrogen-bond donors (Lipinski definition) is 1. The van der Waals surface area contributed by atoms with Gasteiger partial charge in [0.05, 0.1) is 24.4 Å². The van der Waals surface area contributed by atoms with Crippen LogP contribution in [0.5, 0.6) is 0 Å². The second kappa shape index (κ2) is 9.64. The Labute approximate surface area is 217 Å². The van der Waals surface area contributed by atoms with Crippen LogP contribution in [0.15, 0.2) is 89.7 Å². The first-order valence-electron chi connectivity index (χ1n) is 11.1. The summed E-state index contributed by atoms with van der Waals surface area (Å²) in [5.74, 6) is -0.360. The quantitative estimate of drug-likeness (QED) is 0.248. The van der Waals surface area contributed by atoms with Crippen molar-refractivity contribution in [3.8, 4) is 5.69 Å². The average Bonchev–Trinajstić information content (AvgIpc) is 3.50. The van der Waals surface area contributed by atoms with Crippen LogP contribution >= 0.6 is 28.1 Å². The molecule has 5 rings (SSSR count). The molecule has 0 bridgehead atoms. The molecule has 4 aromatic rings. The predicted molar refractivity (Wildman–Crippen MR) is 144 cm³/mol. The SMILES string of the molecule is COC(=O)c1ccc(-n2cccc2C2C(c3ccccn3)NC(=S)N2c2ccc(Br)c(C)c2)cc1. The van der Waals surface area contributed by atoms with Gasteiger partial charge in [-0.25, -0.2) is 4.79 Å². The van der Waals surface area contributed by atoms with Crippen molar-refractivity contribution in [3.63, 3.8) is 0 Å². The number of hydrogen-bond acceptors (Lipinski definition) is 4. The molecule has 2 unspecified atom stereocenters. The van der Waals surface area contributed by atoms with Gasteiger partial charge in [0.1, 0.15) is 6.04 Å². The lowest BCUT2D eigenvalue weighted by molar-refractivity contribution is 0.0600. The lowest BCUT2D eigenvalue weighted by Gasteiger charge is -2.29. The highest BCUT2D eigenvalue weighted by molar-refractivity contribution is 9.10. The molecule has 2 atom stereocenters. The maximum Gasteiger partial charge on any atom is 0.337 e. The van der Waals surface area contributed by atoms with Crippen LogP contribution in [0.25, 0.3) is 5.69 Å². The summed E-state index contributed by atoms with van der Waals surface area (Å²) in [5, 5.41) is 4.15. The van der Waals surface area contributed by atoms with Crippen LogP contribution in [0.3, 0.4) is 0 Å². The van der Waals surface area contributed by atoms with Crippen LogP contribution in [0, 0.1) is 6.92 Å². The molecule has 2 aromatic heterocycles. The molecule has 0 spiro atoms. The fraction of sp³-hybridized carbons (Fsp3) is 0.148. The van der Waals surface area contributed by atoms with Crippen molar-refractivity contribution >= 4 is 44.9 Å². The second-order valence-electron chi connectivity index (χ2n) is 8.27. The minimum Gasteiger partial charge on any atom is -0.465 e. The third-order valence-corrected chi connectivity index (χ3v) is 7.37. The van der Waals surface area contributed by atoms with E-state index in [9.17, 15) is 4.79 Å². The number of nitrogens with zero attached hydrogens (tertiary/aromatic N) is 3. The third kappa shape index (κ3) is 4.35. The van der Waals surface area contributed by atoms with E-state index in [1.165, 1.54) is 7.11 Å². The van der Waals surface area contributed by atoms with Gasteiger partial charge in [0.2, 0.25) is 0 Å². The van der Waals surface area contributed by atoms with E-state index in [2.05, 4.69) is 60.8 Å². The summed E-state index contributed by atoms with van der Waals surface area (Å²) in [4.78, 5) is 18.7. The third-order valence-electron chi connectivity index (χ3n) is 6.17. The van der Waals surface area contributed by atoms with E-state index < -0.39 is 0 Å². The first-order chi connectivity index (χ1) is 17.0. The number of pyridine rings is 1. The molecular weight excluding hydrogens is 524 g/mol. The van der Waals surface area contributed by atoms with E-state index in [4.69, 9.17) is 17.0 Å². The monoisotopic (exact) mass is 546 g/mol. The number of thiocarbonyl (C=S) groups is 1. The van der Waals surface area contributed by atoms with Crippen LogP contribution in [0.1, 0.15) is 39.4 Å². The minimum atomic E-state index is -0.360. The van der Waals surface area contributed by atoms with Gasteiger partial charge in [0, 0.05) is 33.9 Å². The minimum absolute atomic E-state index is 0.157. The van der Waals surface area contributed by atoms with Gasteiger partial charge in [0.25, 0.3) is 0 Å². The number of methoxy groups -OCH3 is 1. The van der Waals surface area contributed by atoms with Gasteiger partial charge in [0.15, 0.2) is 5.11 Å². The van der Waals surface area contributed by atoms with Crippen molar-refractivity contribution in [2.24, 2.45) is 0 Å². The smallest absolute Gasteiger partial charge is 0.337 e. The van der Waals surface area contributed by atoms with Crippen LogP contribution in [-0.4, -0.2) is 27.7 Å². The van der Waals surface area contributed by atoms with Crippen LogP contribution in [-0.2, 0) is 4.74 Å². The van der Waals surface area contributed by atoms with Crippen molar-refractivity contribution in [2.75, 3.05) is 12.0 Å². The molecule has 2 aromatic carbocycles. The van der Waals surface area contributed by atoms with Gasteiger partial charge in [-0.3, -0.25) is 4.98 Å². The fourth-order valence-electron chi connectivity index (χ4n) is 4.46. The van der Waals surface area contributed by atoms with Crippen molar-refractivity contribution < 1.29 is 9.53 Å². The number of rotatable bonds is 5. The Bertz CT molecular complexity index is 1390. The summed E-state index contributed by atoms with van der Waals surface area (Å²) >= 11 is 9.47. The zero-order valence-electron chi connectivity index (χ0n) is 19.2. The van der Waals surface area contributed by atoms with Gasteiger partial charge in [-0.15, -0.1) is 0 Å². The Hall–Kier alpha value is -3.49. The average molecular weight is 547 g/mol. The summed E-state index contributed by atoms with van der Waals surface area (Å²) in [7, 11) is 1.38. The normalized spacial score (nSPS) is 17.3. The molecule has 1 aliphatic rings. The number of aromatic nitrogens is 2. The zero-order chi connectivity index (χ0) is 24.5. The molecule has 35 heavy (non-hydrogen) atoms. The molecule has 0 aliphatic carbocycles. The van der Waals surface area contributed by atoms with Crippen molar-refractivity contribution in [3.05, 3.63) is 112 Å². The highest BCUT2D eigenvalue weighted by atomic mass is 79.9.